The molecule has 0 unspecified atom stereocenters. The molecule has 0 aliphatic heterocycles. The van der Waals surface area contributed by atoms with Gasteiger partial charge in [-0.05, 0) is 22.9 Å². The highest BCUT2D eigenvalue weighted by Crippen LogP contribution is 2.29. The van der Waals surface area contributed by atoms with Crippen LogP contribution in [0, 0.1) is 0 Å². The predicted molar refractivity (Wildman–Crippen MR) is 70.0 cm³/mol. The van der Waals surface area contributed by atoms with E-state index in [2.05, 4.69) is 0 Å². The van der Waals surface area contributed by atoms with E-state index < -0.39 is 0 Å². The maximum Gasteiger partial charge on any atom is 0.158 e. The molecule has 0 aliphatic carbocycles. The summed E-state index contributed by atoms with van der Waals surface area (Å²) in [7, 11) is 0. The van der Waals surface area contributed by atoms with Crippen LogP contribution in [-0.4, -0.2) is 10.2 Å². The standard InChI is InChI=1S/C10H8O2.2C2H6/c11-9-5-7-3-1-2-4-8(7)6-10(9)12;2*1-2/h1-6,11-12H;2*1-2H3. The fraction of sp³-hybridized carbons (Fsp3) is 0.286. The molecule has 88 valence electrons. The van der Waals surface area contributed by atoms with Crippen LogP contribution in [0.15, 0.2) is 36.4 Å². The van der Waals surface area contributed by atoms with E-state index in [4.69, 9.17) is 10.2 Å². The van der Waals surface area contributed by atoms with Gasteiger partial charge in [-0.1, -0.05) is 52.0 Å². The van der Waals surface area contributed by atoms with Gasteiger partial charge in [0.05, 0.1) is 0 Å². The van der Waals surface area contributed by atoms with Gasteiger partial charge in [-0.25, -0.2) is 0 Å². The summed E-state index contributed by atoms with van der Waals surface area (Å²) in [6, 6.07) is 10.6. The number of hydrogen-bond acceptors (Lipinski definition) is 2. The van der Waals surface area contributed by atoms with Crippen molar-refractivity contribution in [2.75, 3.05) is 0 Å². The van der Waals surface area contributed by atoms with Crippen molar-refractivity contribution in [3.05, 3.63) is 36.4 Å². The van der Waals surface area contributed by atoms with Gasteiger partial charge < -0.3 is 10.2 Å². The van der Waals surface area contributed by atoms with Crippen LogP contribution in [-0.2, 0) is 0 Å². The summed E-state index contributed by atoms with van der Waals surface area (Å²) in [5, 5.41) is 20.2. The van der Waals surface area contributed by atoms with Crippen molar-refractivity contribution in [1.82, 2.24) is 0 Å². The highest BCUT2D eigenvalue weighted by Gasteiger charge is 1.99. The zero-order valence-corrected chi connectivity index (χ0v) is 10.4. The first-order chi connectivity index (χ1) is 7.77. The van der Waals surface area contributed by atoms with Gasteiger partial charge in [-0.15, -0.1) is 0 Å². The van der Waals surface area contributed by atoms with Crippen LogP contribution in [0.2, 0.25) is 0 Å². The van der Waals surface area contributed by atoms with Crippen molar-refractivity contribution >= 4 is 10.8 Å². The quantitative estimate of drug-likeness (QED) is 0.650. The van der Waals surface area contributed by atoms with Crippen molar-refractivity contribution < 1.29 is 10.2 Å². The molecule has 2 aromatic carbocycles. The molecule has 2 N–H and O–H groups in total. The van der Waals surface area contributed by atoms with Gasteiger partial charge in [0.15, 0.2) is 11.5 Å². The number of phenols is 2. The summed E-state index contributed by atoms with van der Waals surface area (Å²) < 4.78 is 0. The van der Waals surface area contributed by atoms with Crippen LogP contribution in [0.5, 0.6) is 11.5 Å². The monoisotopic (exact) mass is 220 g/mol. The van der Waals surface area contributed by atoms with E-state index in [-0.39, 0.29) is 11.5 Å². The summed E-state index contributed by atoms with van der Waals surface area (Å²) in [4.78, 5) is 0. The average Bonchev–Trinajstić information content (AvgIpc) is 2.36. The second-order valence-corrected chi connectivity index (χ2v) is 2.69. The molecule has 2 aromatic rings. The average molecular weight is 220 g/mol. The van der Waals surface area contributed by atoms with Gasteiger partial charge in [0, 0.05) is 0 Å². The molecular formula is C14H20O2. The number of phenolic OH excluding ortho intramolecular Hbond substituents is 2. The zero-order chi connectivity index (χ0) is 12.6. The summed E-state index contributed by atoms with van der Waals surface area (Å²) in [6.45, 7) is 8.00. The Morgan fingerprint density at radius 1 is 0.688 bits per heavy atom. The molecule has 0 heterocycles. The maximum atomic E-state index is 9.17. The second kappa shape index (κ2) is 7.57. The summed E-state index contributed by atoms with van der Waals surface area (Å²) in [6.07, 6.45) is 0. The smallest absolute Gasteiger partial charge is 0.158 e. The zero-order valence-electron chi connectivity index (χ0n) is 10.4. The molecule has 0 saturated heterocycles. The first-order valence-electron chi connectivity index (χ1n) is 5.68. The Balaban J connectivity index is 0.000000509. The molecule has 0 saturated carbocycles. The van der Waals surface area contributed by atoms with E-state index in [1.165, 1.54) is 0 Å². The second-order valence-electron chi connectivity index (χ2n) is 2.69. The minimum absolute atomic E-state index is 0.0753. The largest absolute Gasteiger partial charge is 0.504 e. The van der Waals surface area contributed by atoms with E-state index in [0.717, 1.165) is 10.8 Å². The van der Waals surface area contributed by atoms with Crippen LogP contribution in [0.4, 0.5) is 0 Å². The van der Waals surface area contributed by atoms with Crippen molar-refractivity contribution in [2.24, 2.45) is 0 Å². The van der Waals surface area contributed by atoms with Gasteiger partial charge in [0.25, 0.3) is 0 Å². The molecular weight excluding hydrogens is 200 g/mol. The highest BCUT2D eigenvalue weighted by atomic mass is 16.3. The summed E-state index contributed by atoms with van der Waals surface area (Å²) in [5.41, 5.74) is 0. The Bertz CT molecular complexity index is 382. The first kappa shape index (κ1) is 14.3. The molecule has 0 radical (unpaired) electrons. The molecule has 2 heteroatoms. The van der Waals surface area contributed by atoms with E-state index in [1.807, 2.05) is 52.0 Å². The molecule has 0 aliphatic rings. The van der Waals surface area contributed by atoms with Crippen molar-refractivity contribution in [3.8, 4) is 11.5 Å². The van der Waals surface area contributed by atoms with Crippen LogP contribution in [0.1, 0.15) is 27.7 Å². The molecule has 2 nitrogen and oxygen atoms in total. The van der Waals surface area contributed by atoms with E-state index in [1.54, 1.807) is 12.1 Å². The maximum absolute atomic E-state index is 9.17. The number of benzene rings is 2. The minimum Gasteiger partial charge on any atom is -0.504 e. The number of rotatable bonds is 0. The Morgan fingerprint density at radius 3 is 1.31 bits per heavy atom. The Hall–Kier alpha value is -1.70. The molecule has 16 heavy (non-hydrogen) atoms. The van der Waals surface area contributed by atoms with E-state index in [9.17, 15) is 0 Å². The van der Waals surface area contributed by atoms with Crippen molar-refractivity contribution in [2.45, 2.75) is 27.7 Å². The Labute approximate surface area is 97.2 Å². The topological polar surface area (TPSA) is 40.5 Å². The van der Waals surface area contributed by atoms with Crippen LogP contribution in [0.3, 0.4) is 0 Å². The minimum atomic E-state index is -0.0753. The lowest BCUT2D eigenvalue weighted by Gasteiger charge is -2.00. The van der Waals surface area contributed by atoms with Gasteiger partial charge in [0.2, 0.25) is 0 Å². The fourth-order valence-electron chi connectivity index (χ4n) is 1.22. The van der Waals surface area contributed by atoms with Gasteiger partial charge in [-0.3, -0.25) is 0 Å². The lowest BCUT2D eigenvalue weighted by atomic mass is 10.1. The van der Waals surface area contributed by atoms with Gasteiger partial charge in [0.1, 0.15) is 0 Å². The molecule has 0 bridgehead atoms. The SMILES string of the molecule is CC.CC.Oc1cc2ccccc2cc1O. The number of hydrogen-bond donors (Lipinski definition) is 2. The molecule has 2 rings (SSSR count). The third-order valence-corrected chi connectivity index (χ3v) is 1.84. The molecule has 0 fully saturated rings. The molecule has 0 spiro atoms. The molecule has 0 amide bonds. The molecule has 0 aromatic heterocycles. The lowest BCUT2D eigenvalue weighted by Crippen LogP contribution is -1.72. The predicted octanol–water partition coefficient (Wildman–Crippen LogP) is 4.30. The van der Waals surface area contributed by atoms with Crippen molar-refractivity contribution in [3.63, 3.8) is 0 Å². The Kier molecular flexibility index (Phi) is 6.77. The van der Waals surface area contributed by atoms with E-state index >= 15 is 0 Å². The van der Waals surface area contributed by atoms with E-state index in [0.29, 0.717) is 0 Å². The highest BCUT2D eigenvalue weighted by molar-refractivity contribution is 5.85. The number of fused-ring (bicyclic) bond motifs is 1. The third kappa shape index (κ3) is 3.46. The van der Waals surface area contributed by atoms with Crippen molar-refractivity contribution in [1.29, 1.82) is 0 Å². The number of aromatic hydroxyl groups is 2. The first-order valence-corrected chi connectivity index (χ1v) is 5.68. The van der Waals surface area contributed by atoms with Gasteiger partial charge in [-0.2, -0.15) is 0 Å². The van der Waals surface area contributed by atoms with Gasteiger partial charge >= 0.3 is 0 Å². The normalized spacial score (nSPS) is 8.50. The lowest BCUT2D eigenvalue weighted by molar-refractivity contribution is 0.405. The van der Waals surface area contributed by atoms with Crippen LogP contribution >= 0.6 is 0 Å². The van der Waals surface area contributed by atoms with Crippen LogP contribution < -0.4 is 0 Å². The van der Waals surface area contributed by atoms with Crippen LogP contribution in [0.25, 0.3) is 10.8 Å². The summed E-state index contributed by atoms with van der Waals surface area (Å²) in [5.74, 6) is -0.151. The summed E-state index contributed by atoms with van der Waals surface area (Å²) >= 11 is 0. The molecule has 0 atom stereocenters. The fourth-order valence-corrected chi connectivity index (χ4v) is 1.22. The Morgan fingerprint density at radius 2 is 1.00 bits per heavy atom. The third-order valence-electron chi connectivity index (χ3n) is 1.84.